The molecule has 1 aliphatic heterocycles. The third kappa shape index (κ3) is 1.67. The van der Waals surface area contributed by atoms with Crippen molar-refractivity contribution < 1.29 is 9.59 Å². The number of rotatable bonds is 1. The van der Waals surface area contributed by atoms with Crippen LogP contribution >= 0.6 is 11.3 Å². The molecule has 5 rings (SSSR count). The fourth-order valence-corrected chi connectivity index (χ4v) is 6.42. The van der Waals surface area contributed by atoms with E-state index in [9.17, 15) is 14.9 Å². The summed E-state index contributed by atoms with van der Waals surface area (Å²) < 4.78 is 0. The van der Waals surface area contributed by atoms with Crippen LogP contribution in [0.5, 0.6) is 0 Å². The van der Waals surface area contributed by atoms with Crippen molar-refractivity contribution in [1.82, 2.24) is 0 Å². The van der Waals surface area contributed by atoms with Crippen LogP contribution in [0.15, 0.2) is 12.2 Å². The lowest BCUT2D eigenvalue weighted by Gasteiger charge is -2.18. The van der Waals surface area contributed by atoms with Crippen LogP contribution in [0.2, 0.25) is 0 Å². The van der Waals surface area contributed by atoms with Gasteiger partial charge in [-0.25, -0.2) is 4.90 Å². The first-order valence-electron chi connectivity index (χ1n) is 8.71. The van der Waals surface area contributed by atoms with E-state index >= 15 is 0 Å². The predicted octanol–water partition coefficient (Wildman–Crippen LogP) is 3.06. The Morgan fingerprint density at radius 3 is 2.50 bits per heavy atom. The van der Waals surface area contributed by atoms with Crippen LogP contribution in [0.1, 0.15) is 35.8 Å². The highest BCUT2D eigenvalue weighted by atomic mass is 32.1. The van der Waals surface area contributed by atoms with Gasteiger partial charge in [0.05, 0.1) is 17.4 Å². The fourth-order valence-electron chi connectivity index (χ4n) is 5.12. The molecule has 24 heavy (non-hydrogen) atoms. The number of nitrogens with zero attached hydrogens (tertiary/aromatic N) is 2. The molecule has 5 atom stereocenters. The molecule has 2 bridgehead atoms. The molecule has 1 aromatic heterocycles. The molecule has 4 nitrogen and oxygen atoms in total. The Labute approximate surface area is 144 Å². The van der Waals surface area contributed by atoms with Crippen LogP contribution in [0, 0.1) is 40.9 Å². The summed E-state index contributed by atoms with van der Waals surface area (Å²) in [7, 11) is 0. The molecule has 1 saturated carbocycles. The van der Waals surface area contributed by atoms with Crippen LogP contribution in [0.4, 0.5) is 5.00 Å². The largest absolute Gasteiger partial charge is 0.274 e. The highest BCUT2D eigenvalue weighted by molar-refractivity contribution is 7.17. The Morgan fingerprint density at radius 2 is 1.88 bits per heavy atom. The third-order valence-corrected chi connectivity index (χ3v) is 7.55. The average molecular weight is 338 g/mol. The highest BCUT2D eigenvalue weighted by Crippen LogP contribution is 2.54. The minimum Gasteiger partial charge on any atom is -0.274 e. The number of allylic oxidation sites excluding steroid dienone is 2. The van der Waals surface area contributed by atoms with Crippen molar-refractivity contribution in [3.05, 3.63) is 28.2 Å². The highest BCUT2D eigenvalue weighted by Gasteiger charge is 2.60. The molecule has 1 saturated heterocycles. The molecule has 0 unspecified atom stereocenters. The average Bonchev–Trinajstić information content (AvgIpc) is 3.29. The molecule has 0 aromatic carbocycles. The van der Waals surface area contributed by atoms with E-state index in [1.165, 1.54) is 21.1 Å². The van der Waals surface area contributed by atoms with Crippen molar-refractivity contribution >= 4 is 28.2 Å². The van der Waals surface area contributed by atoms with Crippen LogP contribution in [-0.4, -0.2) is 11.8 Å². The number of imide groups is 1. The van der Waals surface area contributed by atoms with Gasteiger partial charge in [-0.1, -0.05) is 19.1 Å². The topological polar surface area (TPSA) is 61.2 Å². The second-order valence-electron chi connectivity index (χ2n) is 7.66. The van der Waals surface area contributed by atoms with Crippen molar-refractivity contribution in [3.8, 4) is 6.07 Å². The van der Waals surface area contributed by atoms with Crippen LogP contribution in [0.25, 0.3) is 0 Å². The van der Waals surface area contributed by atoms with Gasteiger partial charge in [-0.05, 0) is 49.0 Å². The van der Waals surface area contributed by atoms with E-state index in [4.69, 9.17) is 0 Å². The van der Waals surface area contributed by atoms with Crippen molar-refractivity contribution in [2.45, 2.75) is 32.6 Å². The second kappa shape index (κ2) is 4.80. The van der Waals surface area contributed by atoms with Crippen LogP contribution < -0.4 is 4.90 Å². The number of anilines is 1. The van der Waals surface area contributed by atoms with Gasteiger partial charge >= 0.3 is 0 Å². The molecule has 2 heterocycles. The van der Waals surface area contributed by atoms with E-state index in [0.717, 1.165) is 31.2 Å². The predicted molar refractivity (Wildman–Crippen MR) is 90.4 cm³/mol. The Kier molecular flexibility index (Phi) is 2.88. The number of nitriles is 1. The third-order valence-electron chi connectivity index (χ3n) is 6.27. The van der Waals surface area contributed by atoms with Crippen molar-refractivity contribution in [2.75, 3.05) is 4.90 Å². The van der Waals surface area contributed by atoms with Gasteiger partial charge in [0, 0.05) is 4.88 Å². The number of aryl methyl sites for hydroxylation is 1. The number of carbonyl (C=O) groups excluding carboxylic acids is 2. The van der Waals surface area contributed by atoms with Crippen LogP contribution in [0.3, 0.4) is 0 Å². The number of hydrogen-bond acceptors (Lipinski definition) is 4. The van der Waals surface area contributed by atoms with Gasteiger partial charge < -0.3 is 0 Å². The number of fused-ring (bicyclic) bond motifs is 6. The summed E-state index contributed by atoms with van der Waals surface area (Å²) in [5, 5.41) is 10.3. The molecule has 122 valence electrons. The van der Waals surface area contributed by atoms with Gasteiger partial charge in [0.25, 0.3) is 0 Å². The standard InChI is InChI=1S/C19H18N2O2S/c1-9-2-5-14-12(6-9)13(8-20)19(24-14)21-17(22)15-10-3-4-11(7-10)16(15)18(21)23/h3-4,9-11,15-16H,2,5-7H2,1H3/t9-,10-,11-,15-,16-/m0/s1. The maximum atomic E-state index is 13.0. The molecular weight excluding hydrogens is 320 g/mol. The summed E-state index contributed by atoms with van der Waals surface area (Å²) in [6, 6.07) is 2.29. The molecule has 2 amide bonds. The maximum Gasteiger partial charge on any atom is 0.238 e. The maximum absolute atomic E-state index is 13.0. The van der Waals surface area contributed by atoms with Gasteiger partial charge in [0.1, 0.15) is 11.1 Å². The first-order valence-corrected chi connectivity index (χ1v) is 9.52. The molecule has 4 aliphatic rings. The molecule has 0 spiro atoms. The first-order chi connectivity index (χ1) is 11.6. The lowest BCUT2D eigenvalue weighted by molar-refractivity contribution is -0.123. The summed E-state index contributed by atoms with van der Waals surface area (Å²) in [5.41, 5.74) is 1.65. The normalized spacial score (nSPS) is 36.2. The lowest BCUT2D eigenvalue weighted by Crippen LogP contribution is -2.32. The zero-order valence-corrected chi connectivity index (χ0v) is 14.3. The summed E-state index contributed by atoms with van der Waals surface area (Å²) in [6.45, 7) is 2.20. The number of amides is 2. The minimum absolute atomic E-state index is 0.0787. The molecular formula is C19H18N2O2S. The summed E-state index contributed by atoms with van der Waals surface area (Å²) in [5.74, 6) is 0.420. The summed E-state index contributed by atoms with van der Waals surface area (Å²) in [4.78, 5) is 28.6. The van der Waals surface area contributed by atoms with E-state index in [-0.39, 0.29) is 35.5 Å². The van der Waals surface area contributed by atoms with Gasteiger partial charge in [-0.2, -0.15) is 5.26 Å². The number of carbonyl (C=O) groups is 2. The Morgan fingerprint density at radius 1 is 1.21 bits per heavy atom. The Hall–Kier alpha value is -1.93. The van der Waals surface area contributed by atoms with E-state index in [1.54, 1.807) is 0 Å². The molecule has 1 aromatic rings. The molecule has 5 heteroatoms. The van der Waals surface area contributed by atoms with E-state index < -0.39 is 0 Å². The van der Waals surface area contributed by atoms with Gasteiger partial charge in [0.2, 0.25) is 11.8 Å². The zero-order valence-electron chi connectivity index (χ0n) is 13.5. The summed E-state index contributed by atoms with van der Waals surface area (Å²) >= 11 is 1.50. The quantitative estimate of drug-likeness (QED) is 0.584. The van der Waals surface area contributed by atoms with Crippen molar-refractivity contribution in [1.29, 1.82) is 5.26 Å². The number of thiophene rings is 1. The number of hydrogen-bond donors (Lipinski definition) is 0. The van der Waals surface area contributed by atoms with Gasteiger partial charge in [-0.3, -0.25) is 9.59 Å². The molecule has 0 N–H and O–H groups in total. The molecule has 3 aliphatic carbocycles. The Balaban J connectivity index is 1.60. The second-order valence-corrected chi connectivity index (χ2v) is 8.74. The summed E-state index contributed by atoms with van der Waals surface area (Å²) in [6.07, 6.45) is 8.08. The van der Waals surface area contributed by atoms with E-state index in [0.29, 0.717) is 16.5 Å². The van der Waals surface area contributed by atoms with Gasteiger partial charge in [-0.15, -0.1) is 11.3 Å². The minimum atomic E-state index is -0.197. The van der Waals surface area contributed by atoms with Gasteiger partial charge in [0.15, 0.2) is 0 Å². The molecule has 2 fully saturated rings. The monoisotopic (exact) mass is 338 g/mol. The SMILES string of the molecule is C[C@H]1CCc2sc(N3C(=O)[C@@H]4[C@@H](C3=O)[C@H]3C=C[C@H]4C3)c(C#N)c2C1. The van der Waals surface area contributed by atoms with Crippen molar-refractivity contribution in [2.24, 2.45) is 29.6 Å². The molecule has 0 radical (unpaired) electrons. The lowest BCUT2D eigenvalue weighted by atomic mass is 9.85. The van der Waals surface area contributed by atoms with E-state index in [2.05, 4.69) is 25.1 Å². The fraction of sp³-hybridized carbons (Fsp3) is 0.526. The smallest absolute Gasteiger partial charge is 0.238 e. The van der Waals surface area contributed by atoms with Crippen LogP contribution in [-0.2, 0) is 22.4 Å². The zero-order chi connectivity index (χ0) is 16.6. The Bertz CT molecular complexity index is 816. The van der Waals surface area contributed by atoms with E-state index in [1.807, 2.05) is 0 Å². The first kappa shape index (κ1) is 14.4. The van der Waals surface area contributed by atoms with Crippen molar-refractivity contribution in [3.63, 3.8) is 0 Å².